The van der Waals surface area contributed by atoms with Gasteiger partial charge in [-0.25, -0.2) is 0 Å². The van der Waals surface area contributed by atoms with Gasteiger partial charge in [0, 0.05) is 29.4 Å². The molecule has 0 bridgehead atoms. The first-order valence-corrected chi connectivity index (χ1v) is 9.81. The van der Waals surface area contributed by atoms with Gasteiger partial charge in [0.25, 0.3) is 5.91 Å². The fraction of sp³-hybridized carbons (Fsp3) is 0.120. The smallest absolute Gasteiger partial charge is 0.255 e. The molecule has 0 saturated heterocycles. The van der Waals surface area contributed by atoms with Crippen LogP contribution in [0.4, 0.5) is 11.4 Å². The molecule has 5 nitrogen and oxygen atoms in total. The van der Waals surface area contributed by atoms with Crippen LogP contribution >= 0.6 is 0 Å². The molecule has 1 heterocycles. The van der Waals surface area contributed by atoms with Crippen LogP contribution in [0.2, 0.25) is 0 Å². The number of benzene rings is 3. The lowest BCUT2D eigenvalue weighted by Crippen LogP contribution is -2.14. The molecule has 5 heteroatoms. The summed E-state index contributed by atoms with van der Waals surface area (Å²) in [5.41, 5.74) is 4.79. The Morgan fingerprint density at radius 2 is 1.70 bits per heavy atom. The summed E-state index contributed by atoms with van der Waals surface area (Å²) in [6.07, 6.45) is 4.18. The van der Waals surface area contributed by atoms with Gasteiger partial charge in [-0.05, 0) is 66.1 Å². The Morgan fingerprint density at radius 3 is 2.50 bits per heavy atom. The number of hydrogen-bond donors (Lipinski definition) is 2. The molecule has 0 fully saturated rings. The average molecular weight is 398 g/mol. The highest BCUT2D eigenvalue weighted by molar-refractivity contribution is 6.06. The first-order chi connectivity index (χ1) is 14.6. The number of rotatable bonds is 5. The van der Waals surface area contributed by atoms with Crippen molar-refractivity contribution in [2.45, 2.75) is 13.3 Å². The minimum Gasteiger partial charge on any atom is -0.493 e. The topological polar surface area (TPSA) is 67.4 Å². The molecule has 0 atom stereocenters. The maximum atomic E-state index is 12.4. The van der Waals surface area contributed by atoms with Gasteiger partial charge in [0.1, 0.15) is 5.75 Å². The summed E-state index contributed by atoms with van der Waals surface area (Å²) in [5.74, 6) is 0.491. The zero-order chi connectivity index (χ0) is 20.9. The van der Waals surface area contributed by atoms with E-state index >= 15 is 0 Å². The maximum Gasteiger partial charge on any atom is 0.255 e. The SMILES string of the molecule is Cc1c(NC(=O)/C=C/c2ccc3c(c2)CCO3)cccc1NC(=O)c1ccccc1. The van der Waals surface area contributed by atoms with Crippen LogP contribution in [0.15, 0.2) is 72.8 Å². The number of ether oxygens (including phenoxy) is 1. The Morgan fingerprint density at radius 1 is 0.933 bits per heavy atom. The van der Waals surface area contributed by atoms with Crippen LogP contribution in [0.3, 0.4) is 0 Å². The van der Waals surface area contributed by atoms with Gasteiger partial charge in [-0.2, -0.15) is 0 Å². The molecule has 0 unspecified atom stereocenters. The van der Waals surface area contributed by atoms with Crippen molar-refractivity contribution in [3.63, 3.8) is 0 Å². The number of fused-ring (bicyclic) bond motifs is 1. The molecule has 2 amide bonds. The first-order valence-electron chi connectivity index (χ1n) is 9.81. The Balaban J connectivity index is 1.43. The van der Waals surface area contributed by atoms with E-state index in [4.69, 9.17) is 4.74 Å². The zero-order valence-electron chi connectivity index (χ0n) is 16.6. The Labute approximate surface area is 175 Å². The van der Waals surface area contributed by atoms with Gasteiger partial charge < -0.3 is 15.4 Å². The van der Waals surface area contributed by atoms with E-state index in [0.29, 0.717) is 23.5 Å². The molecule has 1 aliphatic heterocycles. The number of hydrogen-bond acceptors (Lipinski definition) is 3. The number of carbonyl (C=O) groups excluding carboxylic acids is 2. The molecule has 150 valence electrons. The Kier molecular flexibility index (Phi) is 5.61. The van der Waals surface area contributed by atoms with E-state index < -0.39 is 0 Å². The number of nitrogens with one attached hydrogen (secondary N) is 2. The zero-order valence-corrected chi connectivity index (χ0v) is 16.6. The van der Waals surface area contributed by atoms with Crippen molar-refractivity contribution >= 4 is 29.3 Å². The number of carbonyl (C=O) groups is 2. The molecule has 0 saturated carbocycles. The lowest BCUT2D eigenvalue weighted by atomic mass is 10.1. The van der Waals surface area contributed by atoms with Crippen molar-refractivity contribution in [2.24, 2.45) is 0 Å². The third kappa shape index (κ3) is 4.41. The van der Waals surface area contributed by atoms with Crippen LogP contribution in [0.25, 0.3) is 6.08 Å². The van der Waals surface area contributed by atoms with Gasteiger partial charge in [0.15, 0.2) is 0 Å². The molecule has 0 aliphatic carbocycles. The summed E-state index contributed by atoms with van der Waals surface area (Å²) in [4.78, 5) is 24.8. The number of amides is 2. The summed E-state index contributed by atoms with van der Waals surface area (Å²) in [5, 5.41) is 5.79. The maximum absolute atomic E-state index is 12.4. The van der Waals surface area contributed by atoms with Gasteiger partial charge in [-0.1, -0.05) is 30.3 Å². The molecular weight excluding hydrogens is 376 g/mol. The predicted molar refractivity (Wildman–Crippen MR) is 119 cm³/mol. The third-order valence-electron chi connectivity index (χ3n) is 5.02. The first kappa shape index (κ1) is 19.5. The summed E-state index contributed by atoms with van der Waals surface area (Å²) in [6.45, 7) is 2.57. The lowest BCUT2D eigenvalue weighted by molar-refractivity contribution is -0.111. The summed E-state index contributed by atoms with van der Waals surface area (Å²) >= 11 is 0. The van der Waals surface area contributed by atoms with E-state index in [1.807, 2.05) is 55.5 Å². The van der Waals surface area contributed by atoms with Crippen LogP contribution in [0, 0.1) is 6.92 Å². The molecule has 30 heavy (non-hydrogen) atoms. The monoisotopic (exact) mass is 398 g/mol. The van der Waals surface area contributed by atoms with Gasteiger partial charge in [0.2, 0.25) is 5.91 Å². The average Bonchev–Trinajstić information content (AvgIpc) is 3.23. The predicted octanol–water partition coefficient (Wildman–Crippen LogP) is 4.83. The highest BCUT2D eigenvalue weighted by Gasteiger charge is 2.12. The molecule has 3 aromatic carbocycles. The van der Waals surface area contributed by atoms with Crippen molar-refractivity contribution in [1.29, 1.82) is 0 Å². The largest absolute Gasteiger partial charge is 0.493 e. The van der Waals surface area contributed by atoms with E-state index in [9.17, 15) is 9.59 Å². The minimum absolute atomic E-state index is 0.192. The standard InChI is InChI=1S/C25H22N2O3/c1-17-21(8-5-9-22(17)27-25(29)19-6-3-2-4-7-19)26-24(28)13-11-18-10-12-23-20(16-18)14-15-30-23/h2-13,16H,14-15H2,1H3,(H,26,28)(H,27,29)/b13-11+. The Hall–Kier alpha value is -3.86. The highest BCUT2D eigenvalue weighted by Crippen LogP contribution is 2.27. The lowest BCUT2D eigenvalue weighted by Gasteiger charge is -2.13. The van der Waals surface area contributed by atoms with Crippen LogP contribution < -0.4 is 15.4 Å². The van der Waals surface area contributed by atoms with Crippen molar-refractivity contribution in [3.05, 3.63) is 95.1 Å². The molecular formula is C25H22N2O3. The van der Waals surface area contributed by atoms with Crippen molar-refractivity contribution in [2.75, 3.05) is 17.2 Å². The summed E-state index contributed by atoms with van der Waals surface area (Å²) in [6, 6.07) is 20.3. The van der Waals surface area contributed by atoms with Crippen LogP contribution in [-0.2, 0) is 11.2 Å². The van der Waals surface area contributed by atoms with E-state index in [0.717, 1.165) is 28.9 Å². The normalized spacial score (nSPS) is 12.3. The second-order valence-corrected chi connectivity index (χ2v) is 7.09. The molecule has 2 N–H and O–H groups in total. The number of anilines is 2. The van der Waals surface area contributed by atoms with Crippen LogP contribution in [0.5, 0.6) is 5.75 Å². The second kappa shape index (κ2) is 8.66. The Bertz CT molecular complexity index is 1120. The fourth-order valence-electron chi connectivity index (χ4n) is 3.35. The molecule has 0 radical (unpaired) electrons. The van der Waals surface area contributed by atoms with Crippen LogP contribution in [-0.4, -0.2) is 18.4 Å². The quantitative estimate of drug-likeness (QED) is 0.605. The van der Waals surface area contributed by atoms with Crippen LogP contribution in [0.1, 0.15) is 27.0 Å². The van der Waals surface area contributed by atoms with Gasteiger partial charge in [0.05, 0.1) is 6.61 Å². The minimum atomic E-state index is -0.235. The van der Waals surface area contributed by atoms with Gasteiger partial charge in [-0.3, -0.25) is 9.59 Å². The summed E-state index contributed by atoms with van der Waals surface area (Å²) in [7, 11) is 0. The summed E-state index contributed by atoms with van der Waals surface area (Å²) < 4.78 is 5.50. The van der Waals surface area contributed by atoms with Crippen molar-refractivity contribution < 1.29 is 14.3 Å². The van der Waals surface area contributed by atoms with E-state index in [2.05, 4.69) is 10.6 Å². The van der Waals surface area contributed by atoms with E-state index in [1.165, 1.54) is 6.08 Å². The highest BCUT2D eigenvalue weighted by atomic mass is 16.5. The van der Waals surface area contributed by atoms with Crippen molar-refractivity contribution in [1.82, 2.24) is 0 Å². The molecule has 1 aliphatic rings. The molecule has 0 spiro atoms. The van der Waals surface area contributed by atoms with Crippen molar-refractivity contribution in [3.8, 4) is 5.75 Å². The van der Waals surface area contributed by atoms with E-state index in [-0.39, 0.29) is 11.8 Å². The van der Waals surface area contributed by atoms with E-state index in [1.54, 1.807) is 24.3 Å². The van der Waals surface area contributed by atoms with Gasteiger partial charge in [-0.15, -0.1) is 0 Å². The van der Waals surface area contributed by atoms with Gasteiger partial charge >= 0.3 is 0 Å². The molecule has 4 rings (SSSR count). The molecule has 3 aromatic rings. The third-order valence-corrected chi connectivity index (χ3v) is 5.02. The molecule has 0 aromatic heterocycles. The fourth-order valence-corrected chi connectivity index (χ4v) is 3.35. The second-order valence-electron chi connectivity index (χ2n) is 7.09.